The van der Waals surface area contributed by atoms with Crippen LogP contribution in [0.15, 0.2) is 65.6 Å². The van der Waals surface area contributed by atoms with E-state index in [1.807, 2.05) is 6.07 Å². The topological polar surface area (TPSA) is 92.8 Å². The number of rotatable bonds is 9. The summed E-state index contributed by atoms with van der Waals surface area (Å²) in [6.07, 6.45) is 1.72. The molecule has 0 radical (unpaired) electrons. The number of hydrogen-bond donors (Lipinski definition) is 1. The molecule has 0 bridgehead atoms. The highest BCUT2D eigenvalue weighted by molar-refractivity contribution is 7.89. The van der Waals surface area contributed by atoms with Gasteiger partial charge in [0, 0.05) is 24.9 Å². The van der Waals surface area contributed by atoms with Gasteiger partial charge in [-0.1, -0.05) is 44.2 Å². The van der Waals surface area contributed by atoms with Crippen LogP contribution >= 0.6 is 0 Å². The molecule has 0 saturated carbocycles. The first-order valence-corrected chi connectivity index (χ1v) is 11.1. The Morgan fingerprint density at radius 3 is 2.20 bits per heavy atom. The lowest BCUT2D eigenvalue weighted by Crippen LogP contribution is -2.30. The summed E-state index contributed by atoms with van der Waals surface area (Å²) in [6, 6.07) is 15.1. The maximum Gasteiger partial charge on any atom is 0.331 e. The molecule has 0 unspecified atom stereocenters. The molecule has 7 nitrogen and oxygen atoms in total. The number of sulfonamides is 1. The fourth-order valence-corrected chi connectivity index (χ4v) is 4.12. The molecule has 2 aromatic rings. The van der Waals surface area contributed by atoms with Crippen LogP contribution in [-0.4, -0.2) is 43.8 Å². The van der Waals surface area contributed by atoms with Crippen molar-refractivity contribution in [2.75, 3.05) is 18.4 Å². The number of amides is 1. The smallest absolute Gasteiger partial charge is 0.331 e. The molecule has 0 fully saturated rings. The van der Waals surface area contributed by atoms with E-state index in [9.17, 15) is 18.0 Å². The SMILES string of the molecule is CCN(CC)S(=O)(=O)c1ccc(/C=C/C(=O)O[C@@H](C)C(=O)Nc2ccccc2)cc1. The van der Waals surface area contributed by atoms with Crippen LogP contribution in [0, 0.1) is 0 Å². The molecule has 1 N–H and O–H groups in total. The number of esters is 1. The van der Waals surface area contributed by atoms with Gasteiger partial charge in [0.2, 0.25) is 10.0 Å². The molecule has 0 heterocycles. The first-order valence-electron chi connectivity index (χ1n) is 9.62. The summed E-state index contributed by atoms with van der Waals surface area (Å²) in [5.74, 6) is -1.11. The van der Waals surface area contributed by atoms with Gasteiger partial charge in [-0.25, -0.2) is 13.2 Å². The number of ether oxygens (including phenoxy) is 1. The molecule has 1 atom stereocenters. The molecular formula is C22H26N2O5S. The average molecular weight is 431 g/mol. The van der Waals surface area contributed by atoms with Crippen molar-refractivity contribution < 1.29 is 22.7 Å². The highest BCUT2D eigenvalue weighted by Gasteiger charge is 2.21. The Hall–Kier alpha value is -2.97. The van der Waals surface area contributed by atoms with E-state index in [2.05, 4.69) is 5.32 Å². The number of carbonyl (C=O) groups excluding carboxylic acids is 2. The largest absolute Gasteiger partial charge is 0.449 e. The molecule has 8 heteroatoms. The molecule has 30 heavy (non-hydrogen) atoms. The molecule has 160 valence electrons. The van der Waals surface area contributed by atoms with Gasteiger partial charge in [0.25, 0.3) is 5.91 Å². The van der Waals surface area contributed by atoms with Gasteiger partial charge in [0.05, 0.1) is 4.90 Å². The summed E-state index contributed by atoms with van der Waals surface area (Å²) in [7, 11) is -3.53. The monoisotopic (exact) mass is 430 g/mol. The van der Waals surface area contributed by atoms with Gasteiger partial charge in [0.1, 0.15) is 0 Å². The van der Waals surface area contributed by atoms with Crippen LogP contribution in [0.5, 0.6) is 0 Å². The van der Waals surface area contributed by atoms with Crippen molar-refractivity contribution in [3.05, 3.63) is 66.2 Å². The maximum atomic E-state index is 12.5. The second kappa shape index (κ2) is 10.7. The summed E-state index contributed by atoms with van der Waals surface area (Å²) in [4.78, 5) is 24.3. The van der Waals surface area contributed by atoms with Gasteiger partial charge in [-0.3, -0.25) is 4.79 Å². The zero-order valence-electron chi connectivity index (χ0n) is 17.2. The number of nitrogens with zero attached hydrogens (tertiary/aromatic N) is 1. The van der Waals surface area contributed by atoms with Crippen LogP contribution in [0.2, 0.25) is 0 Å². The minimum atomic E-state index is -3.53. The third kappa shape index (κ3) is 6.27. The van der Waals surface area contributed by atoms with E-state index in [0.717, 1.165) is 0 Å². The van der Waals surface area contributed by atoms with Crippen LogP contribution in [-0.2, 0) is 24.3 Å². The minimum Gasteiger partial charge on any atom is -0.449 e. The average Bonchev–Trinajstić information content (AvgIpc) is 2.74. The Labute approximate surface area is 177 Å². The van der Waals surface area contributed by atoms with Crippen LogP contribution in [0.3, 0.4) is 0 Å². The van der Waals surface area contributed by atoms with E-state index in [1.54, 1.807) is 50.2 Å². The lowest BCUT2D eigenvalue weighted by atomic mass is 10.2. The Balaban J connectivity index is 1.95. The number of anilines is 1. The summed E-state index contributed by atoms with van der Waals surface area (Å²) < 4.78 is 31.4. The van der Waals surface area contributed by atoms with E-state index in [-0.39, 0.29) is 4.90 Å². The van der Waals surface area contributed by atoms with E-state index in [4.69, 9.17) is 4.74 Å². The predicted octanol–water partition coefficient (Wildman–Crippen LogP) is 3.30. The molecule has 0 spiro atoms. The van der Waals surface area contributed by atoms with E-state index in [0.29, 0.717) is 24.3 Å². The highest BCUT2D eigenvalue weighted by atomic mass is 32.2. The zero-order chi connectivity index (χ0) is 22.1. The van der Waals surface area contributed by atoms with Crippen LogP contribution < -0.4 is 5.32 Å². The first-order chi connectivity index (χ1) is 14.3. The van der Waals surface area contributed by atoms with Crippen LogP contribution in [0.25, 0.3) is 6.08 Å². The number of carbonyl (C=O) groups is 2. The Bertz CT molecular complexity index is 982. The predicted molar refractivity (Wildman–Crippen MR) is 116 cm³/mol. The molecule has 2 rings (SSSR count). The van der Waals surface area contributed by atoms with Gasteiger partial charge in [-0.2, -0.15) is 4.31 Å². The molecule has 0 aromatic heterocycles. The van der Waals surface area contributed by atoms with Gasteiger partial charge in [0.15, 0.2) is 6.10 Å². The second-order valence-corrected chi connectivity index (χ2v) is 8.36. The lowest BCUT2D eigenvalue weighted by molar-refractivity contribution is -0.148. The Morgan fingerprint density at radius 1 is 1.03 bits per heavy atom. The summed E-state index contributed by atoms with van der Waals surface area (Å²) in [5.41, 5.74) is 1.24. The fourth-order valence-electron chi connectivity index (χ4n) is 2.66. The first kappa shape index (κ1) is 23.3. The molecule has 0 aliphatic carbocycles. The van der Waals surface area contributed by atoms with Crippen molar-refractivity contribution in [2.24, 2.45) is 0 Å². The lowest BCUT2D eigenvalue weighted by Gasteiger charge is -2.18. The normalized spacial score (nSPS) is 12.7. The van der Waals surface area contributed by atoms with Crippen LogP contribution in [0.1, 0.15) is 26.3 Å². The second-order valence-electron chi connectivity index (χ2n) is 6.43. The summed E-state index contributed by atoms with van der Waals surface area (Å²) in [5, 5.41) is 2.66. The van der Waals surface area contributed by atoms with Gasteiger partial charge in [-0.05, 0) is 42.8 Å². The molecule has 1 amide bonds. The Kier molecular flexibility index (Phi) is 8.32. The molecule has 0 aliphatic rings. The molecule has 2 aromatic carbocycles. The zero-order valence-corrected chi connectivity index (χ0v) is 18.1. The van der Waals surface area contributed by atoms with E-state index >= 15 is 0 Å². The standard InChI is InChI=1S/C22H26N2O5S/c1-4-24(5-2)30(27,28)20-14-11-18(12-15-20)13-16-21(25)29-17(3)22(26)23-19-9-7-6-8-10-19/h6-17H,4-5H2,1-3H3,(H,23,26)/b16-13+/t17-/m0/s1. The highest BCUT2D eigenvalue weighted by Crippen LogP contribution is 2.17. The Morgan fingerprint density at radius 2 is 1.63 bits per heavy atom. The molecule has 0 saturated heterocycles. The number of para-hydroxylation sites is 1. The molecule has 0 aliphatic heterocycles. The number of nitrogens with one attached hydrogen (secondary N) is 1. The molecular weight excluding hydrogens is 404 g/mol. The van der Waals surface area contributed by atoms with Crippen molar-refractivity contribution in [1.82, 2.24) is 4.31 Å². The van der Waals surface area contributed by atoms with Crippen molar-refractivity contribution >= 4 is 33.7 Å². The number of benzene rings is 2. The maximum absolute atomic E-state index is 12.5. The van der Waals surface area contributed by atoms with E-state index < -0.39 is 28.0 Å². The van der Waals surface area contributed by atoms with Crippen molar-refractivity contribution in [3.63, 3.8) is 0 Å². The minimum absolute atomic E-state index is 0.192. The van der Waals surface area contributed by atoms with Gasteiger partial charge >= 0.3 is 5.97 Å². The number of hydrogen-bond acceptors (Lipinski definition) is 5. The third-order valence-electron chi connectivity index (χ3n) is 4.34. The van der Waals surface area contributed by atoms with Gasteiger partial charge < -0.3 is 10.1 Å². The van der Waals surface area contributed by atoms with Crippen molar-refractivity contribution in [2.45, 2.75) is 31.8 Å². The quantitative estimate of drug-likeness (QED) is 0.487. The fraction of sp³-hybridized carbons (Fsp3) is 0.273. The summed E-state index contributed by atoms with van der Waals surface area (Å²) in [6.45, 7) is 5.83. The van der Waals surface area contributed by atoms with Crippen molar-refractivity contribution in [1.29, 1.82) is 0 Å². The van der Waals surface area contributed by atoms with E-state index in [1.165, 1.54) is 35.5 Å². The summed E-state index contributed by atoms with van der Waals surface area (Å²) >= 11 is 0. The van der Waals surface area contributed by atoms with Crippen molar-refractivity contribution in [3.8, 4) is 0 Å². The third-order valence-corrected chi connectivity index (χ3v) is 6.40. The van der Waals surface area contributed by atoms with Crippen LogP contribution in [0.4, 0.5) is 5.69 Å². The van der Waals surface area contributed by atoms with Gasteiger partial charge in [-0.15, -0.1) is 0 Å².